The number of imide groups is 1. The van der Waals surface area contributed by atoms with Crippen LogP contribution in [-0.4, -0.2) is 46.9 Å². The molecular formula is C27H21N3O4S. The Bertz CT molecular complexity index is 1440. The summed E-state index contributed by atoms with van der Waals surface area (Å²) in [5, 5.41) is 3.78. The highest BCUT2D eigenvalue weighted by Gasteiger charge is 2.38. The minimum atomic E-state index is -0.379. The standard InChI is InChI=1S/C27H21N3O4S/c31-24(28-18-10-7-16(8-11-18)25-29-22-5-1-2-6-23(22)35-25)17-9-12-20-21(14-17)27(33)30(26(20)32)15-19-4-3-13-34-19/h1-2,5-12,14,19H,3-4,13,15H2,(H,28,31). The summed E-state index contributed by atoms with van der Waals surface area (Å²) >= 11 is 1.62. The number of carbonyl (C=O) groups excluding carboxylic acids is 3. The maximum atomic E-state index is 12.9. The van der Waals surface area contributed by atoms with Gasteiger partial charge in [0.25, 0.3) is 17.7 Å². The van der Waals surface area contributed by atoms with Gasteiger partial charge in [-0.25, -0.2) is 4.98 Å². The van der Waals surface area contributed by atoms with Gasteiger partial charge in [-0.1, -0.05) is 12.1 Å². The van der Waals surface area contributed by atoms with E-state index in [1.165, 1.54) is 11.0 Å². The van der Waals surface area contributed by atoms with E-state index in [1.54, 1.807) is 23.5 Å². The second-order valence-corrected chi connectivity index (χ2v) is 9.67. The maximum absolute atomic E-state index is 12.9. The summed E-state index contributed by atoms with van der Waals surface area (Å²) in [6.45, 7) is 0.897. The number of hydrogen-bond donors (Lipinski definition) is 1. The molecule has 0 bridgehead atoms. The van der Waals surface area contributed by atoms with Crippen molar-refractivity contribution in [1.29, 1.82) is 0 Å². The Balaban J connectivity index is 1.17. The largest absolute Gasteiger partial charge is 0.376 e. The van der Waals surface area contributed by atoms with Gasteiger partial charge in [0.15, 0.2) is 0 Å². The third-order valence-electron chi connectivity index (χ3n) is 6.33. The molecule has 3 heterocycles. The van der Waals surface area contributed by atoms with Crippen molar-refractivity contribution in [3.63, 3.8) is 0 Å². The van der Waals surface area contributed by atoms with E-state index in [0.29, 0.717) is 23.4 Å². The molecular weight excluding hydrogens is 462 g/mol. The van der Waals surface area contributed by atoms with E-state index in [1.807, 2.05) is 48.5 Å². The number of benzene rings is 3. The third kappa shape index (κ3) is 4.00. The Morgan fingerprint density at radius 1 is 1.03 bits per heavy atom. The zero-order valence-corrected chi connectivity index (χ0v) is 19.5. The van der Waals surface area contributed by atoms with Crippen LogP contribution in [0, 0.1) is 0 Å². The number of carbonyl (C=O) groups is 3. The lowest BCUT2D eigenvalue weighted by Crippen LogP contribution is -2.36. The Labute approximate surface area is 205 Å². The molecule has 0 radical (unpaired) electrons. The topological polar surface area (TPSA) is 88.6 Å². The minimum Gasteiger partial charge on any atom is -0.376 e. The van der Waals surface area contributed by atoms with Crippen LogP contribution in [0.1, 0.15) is 43.9 Å². The van der Waals surface area contributed by atoms with Gasteiger partial charge in [0.1, 0.15) is 5.01 Å². The monoisotopic (exact) mass is 483 g/mol. The van der Waals surface area contributed by atoms with Gasteiger partial charge in [0, 0.05) is 23.4 Å². The van der Waals surface area contributed by atoms with E-state index in [0.717, 1.165) is 33.6 Å². The molecule has 1 N–H and O–H groups in total. The SMILES string of the molecule is O=C(Nc1ccc(-c2nc3ccccc3s2)cc1)c1ccc2c(c1)C(=O)N(CC1CCCO1)C2=O. The first-order chi connectivity index (χ1) is 17.1. The van der Waals surface area contributed by atoms with Crippen molar-refractivity contribution < 1.29 is 19.1 Å². The number of amides is 3. The molecule has 8 heteroatoms. The van der Waals surface area contributed by atoms with Gasteiger partial charge in [-0.15, -0.1) is 11.3 Å². The average Bonchev–Trinajstić information content (AvgIpc) is 3.60. The lowest BCUT2D eigenvalue weighted by atomic mass is 10.1. The highest BCUT2D eigenvalue weighted by atomic mass is 32.1. The Morgan fingerprint density at radius 2 is 1.83 bits per heavy atom. The summed E-state index contributed by atoms with van der Waals surface area (Å²) in [4.78, 5) is 44.4. The predicted molar refractivity (Wildman–Crippen MR) is 134 cm³/mol. The minimum absolute atomic E-state index is 0.120. The first kappa shape index (κ1) is 21.6. The fourth-order valence-corrected chi connectivity index (χ4v) is 5.46. The molecule has 6 rings (SSSR count). The van der Waals surface area contributed by atoms with Crippen LogP contribution < -0.4 is 5.32 Å². The zero-order valence-electron chi connectivity index (χ0n) is 18.7. The second kappa shape index (κ2) is 8.72. The lowest BCUT2D eigenvalue weighted by molar-refractivity contribution is 0.0475. The van der Waals surface area contributed by atoms with E-state index in [9.17, 15) is 14.4 Å². The van der Waals surface area contributed by atoms with Gasteiger partial charge in [-0.3, -0.25) is 19.3 Å². The van der Waals surface area contributed by atoms with Crippen molar-refractivity contribution in [2.45, 2.75) is 18.9 Å². The summed E-state index contributed by atoms with van der Waals surface area (Å²) in [6, 6.07) is 20.1. The van der Waals surface area contributed by atoms with E-state index < -0.39 is 0 Å². The first-order valence-corrected chi connectivity index (χ1v) is 12.3. The Morgan fingerprint density at radius 3 is 2.60 bits per heavy atom. The fraction of sp³-hybridized carbons (Fsp3) is 0.185. The zero-order chi connectivity index (χ0) is 23.9. The van der Waals surface area contributed by atoms with Gasteiger partial charge in [0.2, 0.25) is 0 Å². The summed E-state index contributed by atoms with van der Waals surface area (Å²) in [7, 11) is 0. The molecule has 7 nitrogen and oxygen atoms in total. The number of ether oxygens (including phenoxy) is 1. The van der Waals surface area contributed by atoms with Crippen LogP contribution in [0.4, 0.5) is 5.69 Å². The number of anilines is 1. The molecule has 1 fully saturated rings. The normalized spacial score (nSPS) is 17.3. The van der Waals surface area contributed by atoms with Crippen LogP contribution in [-0.2, 0) is 4.74 Å². The molecule has 1 aromatic heterocycles. The third-order valence-corrected chi connectivity index (χ3v) is 7.41. The van der Waals surface area contributed by atoms with Crippen molar-refractivity contribution in [2.24, 2.45) is 0 Å². The molecule has 174 valence electrons. The van der Waals surface area contributed by atoms with Crippen molar-refractivity contribution in [3.8, 4) is 10.6 Å². The quantitative estimate of drug-likeness (QED) is 0.404. The number of nitrogens with zero attached hydrogens (tertiary/aromatic N) is 2. The molecule has 1 saturated heterocycles. The summed E-state index contributed by atoms with van der Waals surface area (Å²) in [5.74, 6) is -1.06. The maximum Gasteiger partial charge on any atom is 0.261 e. The highest BCUT2D eigenvalue weighted by molar-refractivity contribution is 7.21. The van der Waals surface area contributed by atoms with Gasteiger partial charge in [-0.2, -0.15) is 0 Å². The Hall–Kier alpha value is -3.88. The second-order valence-electron chi connectivity index (χ2n) is 8.63. The van der Waals surface area contributed by atoms with Crippen molar-refractivity contribution >= 4 is 45.0 Å². The highest BCUT2D eigenvalue weighted by Crippen LogP contribution is 2.31. The van der Waals surface area contributed by atoms with E-state index in [-0.39, 0.29) is 35.9 Å². The number of fused-ring (bicyclic) bond motifs is 2. The summed E-state index contributed by atoms with van der Waals surface area (Å²) in [5.41, 5.74) is 3.46. The van der Waals surface area contributed by atoms with Crippen LogP contribution in [0.25, 0.3) is 20.8 Å². The predicted octanol–water partition coefficient (Wildman–Crippen LogP) is 4.99. The molecule has 2 aliphatic rings. The number of para-hydroxylation sites is 1. The van der Waals surface area contributed by atoms with E-state index in [4.69, 9.17) is 4.74 Å². The van der Waals surface area contributed by atoms with Crippen LogP contribution >= 0.6 is 11.3 Å². The van der Waals surface area contributed by atoms with E-state index >= 15 is 0 Å². The van der Waals surface area contributed by atoms with Gasteiger partial charge >= 0.3 is 0 Å². The fourth-order valence-electron chi connectivity index (χ4n) is 4.48. The Kier molecular flexibility index (Phi) is 5.39. The molecule has 1 atom stereocenters. The number of hydrogen-bond acceptors (Lipinski definition) is 6. The lowest BCUT2D eigenvalue weighted by Gasteiger charge is -2.17. The van der Waals surface area contributed by atoms with Crippen LogP contribution in [0.15, 0.2) is 66.7 Å². The molecule has 3 amide bonds. The van der Waals surface area contributed by atoms with Gasteiger partial charge in [0.05, 0.1) is 34.0 Å². The molecule has 3 aromatic carbocycles. The smallest absolute Gasteiger partial charge is 0.261 e. The van der Waals surface area contributed by atoms with Crippen molar-refractivity contribution in [1.82, 2.24) is 9.88 Å². The van der Waals surface area contributed by atoms with Crippen LogP contribution in [0.3, 0.4) is 0 Å². The van der Waals surface area contributed by atoms with E-state index in [2.05, 4.69) is 10.3 Å². The first-order valence-electron chi connectivity index (χ1n) is 11.5. The molecule has 0 saturated carbocycles. The molecule has 0 aliphatic carbocycles. The number of thiazole rings is 1. The molecule has 2 aliphatic heterocycles. The number of aromatic nitrogens is 1. The van der Waals surface area contributed by atoms with Crippen molar-refractivity contribution in [2.75, 3.05) is 18.5 Å². The summed E-state index contributed by atoms with van der Waals surface area (Å²) < 4.78 is 6.70. The van der Waals surface area contributed by atoms with Gasteiger partial charge < -0.3 is 10.1 Å². The molecule has 35 heavy (non-hydrogen) atoms. The summed E-state index contributed by atoms with van der Waals surface area (Å²) in [6.07, 6.45) is 1.64. The van der Waals surface area contributed by atoms with Crippen LogP contribution in [0.5, 0.6) is 0 Å². The average molecular weight is 484 g/mol. The molecule has 4 aromatic rings. The van der Waals surface area contributed by atoms with Crippen molar-refractivity contribution in [3.05, 3.63) is 83.4 Å². The molecule has 0 spiro atoms. The number of rotatable bonds is 5. The number of nitrogens with one attached hydrogen (secondary N) is 1. The molecule has 1 unspecified atom stereocenters. The van der Waals surface area contributed by atoms with Crippen LogP contribution in [0.2, 0.25) is 0 Å². The van der Waals surface area contributed by atoms with Gasteiger partial charge in [-0.05, 0) is 67.4 Å².